The number of nitrogen functional groups attached to an aromatic ring is 1. The van der Waals surface area contributed by atoms with Crippen LogP contribution in [0.1, 0.15) is 18.9 Å². The van der Waals surface area contributed by atoms with Gasteiger partial charge in [-0.1, -0.05) is 5.92 Å². The monoisotopic (exact) mass is 489 g/mol. The fourth-order valence-corrected chi connectivity index (χ4v) is 5.98. The van der Waals surface area contributed by atoms with Crippen molar-refractivity contribution in [2.75, 3.05) is 12.3 Å². The largest absolute Gasteiger partial charge is 0.490 e. The molecular weight excluding hydrogens is 471 g/mol. The third-order valence-electron chi connectivity index (χ3n) is 4.17. The van der Waals surface area contributed by atoms with Gasteiger partial charge in [0.2, 0.25) is 0 Å². The molecule has 0 saturated heterocycles. The Bertz CT molecular complexity index is 1050. The average Bonchev–Trinajstić information content (AvgIpc) is 2.86. The summed E-state index contributed by atoms with van der Waals surface area (Å²) in [4.78, 5) is 51.3. The molecule has 0 amide bonds. The van der Waals surface area contributed by atoms with Crippen LogP contribution in [-0.4, -0.2) is 46.9 Å². The van der Waals surface area contributed by atoms with Crippen LogP contribution >= 0.6 is 23.5 Å². The fraction of sp³-hybridized carbons (Fsp3) is 0.500. The topological polar surface area (TPSA) is 241 Å². The lowest BCUT2D eigenvalue weighted by Crippen LogP contribution is -2.33. The second kappa shape index (κ2) is 8.63. The van der Waals surface area contributed by atoms with Gasteiger partial charge in [0.15, 0.2) is 0 Å². The molecule has 2 rings (SSSR count). The number of terminal acetylenes is 1. The molecule has 0 spiro atoms. The summed E-state index contributed by atoms with van der Waals surface area (Å²) in [5.41, 5.74) is 3.09. The zero-order valence-corrected chi connectivity index (χ0v) is 17.6. The number of aliphatic hydroxyl groups is 1. The van der Waals surface area contributed by atoms with Gasteiger partial charge in [0.1, 0.15) is 5.82 Å². The first kappa shape index (κ1) is 24.9. The van der Waals surface area contributed by atoms with Crippen LogP contribution < -0.4 is 11.4 Å². The zero-order chi connectivity index (χ0) is 23.0. The van der Waals surface area contributed by atoms with Crippen LogP contribution in [0.15, 0.2) is 17.1 Å². The highest BCUT2D eigenvalue weighted by molar-refractivity contribution is 7.66. The number of hydrogen-bond donors (Lipinski definition) is 6. The molecule has 0 aromatic carbocycles. The number of anilines is 1. The molecule has 1 fully saturated rings. The summed E-state index contributed by atoms with van der Waals surface area (Å²) in [6, 6.07) is 0.664. The quantitative estimate of drug-likeness (QED) is 0.199. The van der Waals surface area contributed by atoms with Gasteiger partial charge in [0.25, 0.3) is 0 Å². The number of nitrogens with two attached hydrogens (primary N) is 1. The summed E-state index contributed by atoms with van der Waals surface area (Å²) in [7, 11) is -16.7. The van der Waals surface area contributed by atoms with Crippen molar-refractivity contribution in [2.24, 2.45) is 5.41 Å². The molecule has 15 nitrogen and oxygen atoms in total. The van der Waals surface area contributed by atoms with E-state index >= 15 is 0 Å². The lowest BCUT2D eigenvalue weighted by atomic mass is 9.86. The van der Waals surface area contributed by atoms with Crippen LogP contribution in [-0.2, 0) is 26.8 Å². The molecule has 5 atom stereocenters. The molecule has 2 unspecified atom stereocenters. The normalized spacial score (nSPS) is 28.4. The molecule has 0 radical (unpaired) electrons. The molecule has 0 aliphatic heterocycles. The summed E-state index contributed by atoms with van der Waals surface area (Å²) in [5.74, 6) is 2.20. The summed E-state index contributed by atoms with van der Waals surface area (Å²) < 4.78 is 46.8. The highest BCUT2D eigenvalue weighted by Crippen LogP contribution is 2.66. The van der Waals surface area contributed by atoms with Crippen LogP contribution in [0.25, 0.3) is 0 Å². The van der Waals surface area contributed by atoms with Crippen molar-refractivity contribution in [3.63, 3.8) is 0 Å². The number of phosphoric acid groups is 3. The maximum Gasteiger partial charge on any atom is 0.490 e. The second-order valence-electron chi connectivity index (χ2n) is 6.32. The lowest BCUT2D eigenvalue weighted by Gasteiger charge is -2.27. The van der Waals surface area contributed by atoms with E-state index in [-0.39, 0.29) is 18.7 Å². The van der Waals surface area contributed by atoms with Crippen molar-refractivity contribution in [1.82, 2.24) is 9.55 Å². The van der Waals surface area contributed by atoms with Gasteiger partial charge in [-0.05, 0) is 18.9 Å². The van der Waals surface area contributed by atoms with Crippen molar-refractivity contribution in [2.45, 2.75) is 25.0 Å². The van der Waals surface area contributed by atoms with Gasteiger partial charge in [-0.25, -0.2) is 18.5 Å². The first-order valence-corrected chi connectivity index (χ1v) is 12.4. The van der Waals surface area contributed by atoms with E-state index in [1.807, 2.05) is 0 Å². The van der Waals surface area contributed by atoms with Gasteiger partial charge < -0.3 is 30.4 Å². The summed E-state index contributed by atoms with van der Waals surface area (Å²) in [6.07, 6.45) is 5.27. The van der Waals surface area contributed by atoms with E-state index in [4.69, 9.17) is 26.8 Å². The van der Waals surface area contributed by atoms with Gasteiger partial charge in [-0.2, -0.15) is 13.6 Å². The van der Waals surface area contributed by atoms with Crippen molar-refractivity contribution < 1.29 is 51.5 Å². The molecule has 1 aliphatic rings. The fourth-order valence-electron chi connectivity index (χ4n) is 2.89. The minimum Gasteiger partial charge on any atom is -0.391 e. The van der Waals surface area contributed by atoms with Crippen molar-refractivity contribution in [1.29, 1.82) is 0 Å². The third-order valence-corrected chi connectivity index (χ3v) is 7.95. The third kappa shape index (κ3) is 6.31. The summed E-state index contributed by atoms with van der Waals surface area (Å²) in [6.45, 7) is -0.873. The molecule has 1 aromatic rings. The standard InChI is InChI=1S/C12H18N3O12P3/c1-2-12(7-25-29(21,22)27-30(23,24)26-28(18,19)20)6-8(5-9(12)16)15-4-3-10(13)14-11(15)17/h1,3-4,8-9,16H,5-7H2,(H,21,22)(H,23,24)(H2,13,14,17)(H2,18,19,20)/t8-,9-,12+/m0/s1. The predicted molar refractivity (Wildman–Crippen MR) is 98.3 cm³/mol. The molecular formula is C12H18N3O12P3. The number of aliphatic hydroxyl groups excluding tert-OH is 1. The smallest absolute Gasteiger partial charge is 0.391 e. The van der Waals surface area contributed by atoms with Gasteiger partial charge in [0.05, 0.1) is 18.1 Å². The van der Waals surface area contributed by atoms with E-state index in [1.54, 1.807) is 0 Å². The van der Waals surface area contributed by atoms with Crippen LogP contribution in [0.4, 0.5) is 5.82 Å². The van der Waals surface area contributed by atoms with E-state index in [1.165, 1.54) is 12.3 Å². The number of nitrogens with zero attached hydrogens (tertiary/aromatic N) is 2. The van der Waals surface area contributed by atoms with Gasteiger partial charge in [0, 0.05) is 12.2 Å². The molecule has 7 N–H and O–H groups in total. The van der Waals surface area contributed by atoms with Gasteiger partial charge >= 0.3 is 29.2 Å². The maximum atomic E-state index is 12.0. The zero-order valence-electron chi connectivity index (χ0n) is 14.9. The molecule has 1 saturated carbocycles. The minimum atomic E-state index is -5.69. The van der Waals surface area contributed by atoms with Crippen molar-refractivity contribution in [3.8, 4) is 12.3 Å². The maximum absolute atomic E-state index is 12.0. The number of phosphoric ester groups is 1. The summed E-state index contributed by atoms with van der Waals surface area (Å²) >= 11 is 0. The van der Waals surface area contributed by atoms with Crippen LogP contribution in [0.2, 0.25) is 0 Å². The Kier molecular flexibility index (Phi) is 7.15. The Hall–Kier alpha value is -1.39. The van der Waals surface area contributed by atoms with Gasteiger partial charge in [-0.15, -0.1) is 6.42 Å². The molecule has 168 valence electrons. The Morgan fingerprint density at radius 2 is 1.90 bits per heavy atom. The SMILES string of the molecule is C#C[C@]1(COP(=O)(O)OP(=O)(O)OP(=O)(O)O)C[C@@H](n2ccc(N)nc2=O)C[C@@H]1O. The number of aromatic nitrogens is 2. The van der Waals surface area contributed by atoms with E-state index in [0.717, 1.165) is 4.57 Å². The Labute approximate surface area is 168 Å². The Balaban J connectivity index is 2.15. The molecule has 0 bridgehead atoms. The highest BCUT2D eigenvalue weighted by Gasteiger charge is 2.49. The summed E-state index contributed by atoms with van der Waals surface area (Å²) in [5, 5.41) is 10.4. The molecule has 1 heterocycles. The number of hydrogen-bond acceptors (Lipinski definition) is 10. The predicted octanol–water partition coefficient (Wildman–Crippen LogP) is -0.516. The van der Waals surface area contributed by atoms with Crippen LogP contribution in [0.3, 0.4) is 0 Å². The first-order valence-electron chi connectivity index (χ1n) is 7.87. The molecule has 18 heteroatoms. The van der Waals surface area contributed by atoms with E-state index < -0.39 is 53.3 Å². The van der Waals surface area contributed by atoms with Crippen molar-refractivity contribution >= 4 is 29.3 Å². The lowest BCUT2D eigenvalue weighted by molar-refractivity contribution is 0.0443. The molecule has 30 heavy (non-hydrogen) atoms. The first-order chi connectivity index (χ1) is 13.6. The highest BCUT2D eigenvalue weighted by atomic mass is 31.3. The molecule has 1 aromatic heterocycles. The van der Waals surface area contributed by atoms with Crippen molar-refractivity contribution in [3.05, 3.63) is 22.7 Å². The van der Waals surface area contributed by atoms with E-state index in [2.05, 4.69) is 24.0 Å². The second-order valence-corrected chi connectivity index (χ2v) is 10.7. The molecule has 1 aliphatic carbocycles. The minimum absolute atomic E-state index is 0.0225. The van der Waals surface area contributed by atoms with E-state index in [9.17, 15) is 28.5 Å². The van der Waals surface area contributed by atoms with Crippen LogP contribution in [0.5, 0.6) is 0 Å². The van der Waals surface area contributed by atoms with Gasteiger partial charge in [-0.3, -0.25) is 9.09 Å². The Morgan fingerprint density at radius 1 is 1.27 bits per heavy atom. The Morgan fingerprint density at radius 3 is 2.43 bits per heavy atom. The number of rotatable bonds is 8. The average molecular weight is 489 g/mol. The van der Waals surface area contributed by atoms with E-state index in [0.29, 0.717) is 0 Å². The van der Waals surface area contributed by atoms with Crippen LogP contribution in [0, 0.1) is 17.8 Å².